The Bertz CT molecular complexity index is 105. The summed E-state index contributed by atoms with van der Waals surface area (Å²) in [5.41, 5.74) is 1.97. The van der Waals surface area contributed by atoms with Crippen LogP contribution in [0.4, 0.5) is 0 Å². The first-order valence-electron chi connectivity index (χ1n) is 2.20. The molecule has 0 heterocycles. The average molecular weight is 131 g/mol. The Kier molecular flexibility index (Phi) is 2.69. The van der Waals surface area contributed by atoms with Crippen LogP contribution in [0.1, 0.15) is 0 Å². The van der Waals surface area contributed by atoms with Crippen LogP contribution in [0.25, 0.3) is 0 Å². The van der Waals surface area contributed by atoms with Crippen molar-refractivity contribution >= 4 is 8.56 Å². The van der Waals surface area contributed by atoms with E-state index >= 15 is 0 Å². The van der Waals surface area contributed by atoms with Gasteiger partial charge in [0.1, 0.15) is 0 Å². The van der Waals surface area contributed by atoms with Gasteiger partial charge in [0.15, 0.2) is 0 Å². The Morgan fingerprint density at radius 1 is 1.38 bits per heavy atom. The van der Waals surface area contributed by atoms with Crippen LogP contribution in [-0.2, 0) is 8.85 Å². The van der Waals surface area contributed by atoms with Gasteiger partial charge in [-0.15, -0.1) is 0 Å². The zero-order chi connectivity index (χ0) is 6.62. The largest absolute Gasteiger partial charge is 0.449 e. The molecule has 3 nitrogen and oxygen atoms in total. The second-order valence-electron chi connectivity index (χ2n) is 1.47. The molecule has 0 atom stereocenters. The third kappa shape index (κ3) is 1.62. The van der Waals surface area contributed by atoms with Crippen molar-refractivity contribution in [3.05, 3.63) is 0 Å². The summed E-state index contributed by atoms with van der Waals surface area (Å²) in [7, 11) is 0.604. The van der Waals surface area contributed by atoms with Gasteiger partial charge in [-0.1, -0.05) is 0 Å². The van der Waals surface area contributed by atoms with Gasteiger partial charge in [-0.25, -0.2) is 5.26 Å². The molecule has 0 spiro atoms. The molecule has 46 valence electrons. The monoisotopic (exact) mass is 131 g/mol. The van der Waals surface area contributed by atoms with E-state index < -0.39 is 8.56 Å². The fourth-order valence-electron chi connectivity index (χ4n) is 0.175. The molecule has 0 aliphatic carbocycles. The van der Waals surface area contributed by atoms with Crippen molar-refractivity contribution in [2.24, 2.45) is 0 Å². The molecule has 0 aromatic heterocycles. The van der Waals surface area contributed by atoms with Crippen LogP contribution in [0.5, 0.6) is 0 Å². The van der Waals surface area contributed by atoms with E-state index in [4.69, 9.17) is 14.1 Å². The third-order valence-electron chi connectivity index (χ3n) is 0.982. The second kappa shape index (κ2) is 2.82. The maximum absolute atomic E-state index is 8.35. The van der Waals surface area contributed by atoms with Crippen LogP contribution in [0, 0.1) is 11.0 Å². The molecule has 0 aromatic carbocycles. The van der Waals surface area contributed by atoms with Crippen LogP contribution >= 0.6 is 0 Å². The molecule has 0 saturated heterocycles. The lowest BCUT2D eigenvalue weighted by Crippen LogP contribution is -2.34. The molecule has 0 rings (SSSR count). The van der Waals surface area contributed by atoms with Gasteiger partial charge in [-0.3, -0.25) is 0 Å². The molecule has 0 saturated carbocycles. The van der Waals surface area contributed by atoms with Crippen molar-refractivity contribution in [3.8, 4) is 5.69 Å². The van der Waals surface area contributed by atoms with Gasteiger partial charge in [0.25, 0.3) is 0 Å². The maximum Gasteiger partial charge on any atom is 0.449 e. The van der Waals surface area contributed by atoms with E-state index in [1.54, 1.807) is 6.55 Å². The Morgan fingerprint density at radius 3 is 1.75 bits per heavy atom. The first kappa shape index (κ1) is 7.63. The molecule has 0 N–H and O–H groups in total. The zero-order valence-electron chi connectivity index (χ0n) is 5.26. The second-order valence-corrected chi connectivity index (χ2v) is 4.40. The molecule has 0 fully saturated rings. The van der Waals surface area contributed by atoms with Crippen molar-refractivity contribution < 1.29 is 8.85 Å². The summed E-state index contributed by atoms with van der Waals surface area (Å²) >= 11 is 0. The summed E-state index contributed by atoms with van der Waals surface area (Å²) in [5.74, 6) is 0. The van der Waals surface area contributed by atoms with Crippen molar-refractivity contribution in [1.29, 1.82) is 5.26 Å². The Morgan fingerprint density at radius 2 is 1.75 bits per heavy atom. The molecule has 8 heavy (non-hydrogen) atoms. The molecule has 0 unspecified atom stereocenters. The first-order valence-corrected chi connectivity index (χ1v) is 4.51. The summed E-state index contributed by atoms with van der Waals surface area (Å²) in [6.45, 7) is 1.69. The summed E-state index contributed by atoms with van der Waals surface area (Å²) in [6, 6.07) is 0. The standard InChI is InChI=1S/C4H9NO2Si/c1-6-8(3,4-5)7-2/h1-3H3. The minimum Gasteiger partial charge on any atom is -0.388 e. The highest BCUT2D eigenvalue weighted by molar-refractivity contribution is 6.73. The van der Waals surface area contributed by atoms with E-state index in [1.165, 1.54) is 14.2 Å². The highest BCUT2D eigenvalue weighted by atomic mass is 28.4. The Hall–Kier alpha value is -0.373. The summed E-state index contributed by atoms with van der Waals surface area (Å²) in [4.78, 5) is 0. The SMILES string of the molecule is CO[Si](C)(C#N)OC. The molecule has 0 aliphatic rings. The van der Waals surface area contributed by atoms with Gasteiger partial charge in [-0.05, 0) is 6.55 Å². The molecule has 0 radical (unpaired) electrons. The number of nitrogens with zero attached hydrogens (tertiary/aromatic N) is 1. The van der Waals surface area contributed by atoms with Gasteiger partial charge in [0.05, 0.1) is 5.69 Å². The van der Waals surface area contributed by atoms with E-state index in [0.29, 0.717) is 0 Å². The molecule has 0 bridgehead atoms. The van der Waals surface area contributed by atoms with Gasteiger partial charge in [0, 0.05) is 14.2 Å². The fraction of sp³-hybridized carbons (Fsp3) is 0.750. The number of nitriles is 1. The number of hydrogen-bond donors (Lipinski definition) is 0. The van der Waals surface area contributed by atoms with Crippen molar-refractivity contribution in [2.45, 2.75) is 6.55 Å². The minimum atomic E-state index is -2.37. The van der Waals surface area contributed by atoms with Gasteiger partial charge >= 0.3 is 8.56 Å². The quantitative estimate of drug-likeness (QED) is 0.510. The highest BCUT2D eigenvalue weighted by Crippen LogP contribution is 1.99. The molecule has 0 aliphatic heterocycles. The molecule has 4 heteroatoms. The van der Waals surface area contributed by atoms with E-state index in [-0.39, 0.29) is 0 Å². The topological polar surface area (TPSA) is 42.2 Å². The van der Waals surface area contributed by atoms with E-state index in [0.717, 1.165) is 0 Å². The smallest absolute Gasteiger partial charge is 0.388 e. The minimum absolute atomic E-state index is 1.49. The van der Waals surface area contributed by atoms with Crippen molar-refractivity contribution in [3.63, 3.8) is 0 Å². The Labute approximate surface area is 50.1 Å². The summed E-state index contributed by atoms with van der Waals surface area (Å²) in [6.07, 6.45) is 0. The normalized spacial score (nSPS) is 10.8. The summed E-state index contributed by atoms with van der Waals surface area (Å²) < 4.78 is 9.58. The van der Waals surface area contributed by atoms with Crippen molar-refractivity contribution in [2.75, 3.05) is 14.2 Å². The molecule has 0 amide bonds. The Balaban J connectivity index is 3.83. The fourth-order valence-corrected chi connectivity index (χ4v) is 0.524. The third-order valence-corrected chi connectivity index (χ3v) is 2.95. The lowest BCUT2D eigenvalue weighted by atomic mass is 11.7. The van der Waals surface area contributed by atoms with Crippen LogP contribution in [-0.4, -0.2) is 22.8 Å². The number of hydrogen-bond acceptors (Lipinski definition) is 3. The maximum atomic E-state index is 8.35. The lowest BCUT2D eigenvalue weighted by Gasteiger charge is -2.11. The predicted molar refractivity (Wildman–Crippen MR) is 31.2 cm³/mol. The predicted octanol–water partition coefficient (Wildman–Crippen LogP) is 0.414. The summed E-state index contributed by atoms with van der Waals surface area (Å²) in [5, 5.41) is 8.35. The van der Waals surface area contributed by atoms with Gasteiger partial charge < -0.3 is 8.85 Å². The van der Waals surface area contributed by atoms with Crippen LogP contribution in [0.2, 0.25) is 6.55 Å². The number of rotatable bonds is 2. The molecular weight excluding hydrogens is 122 g/mol. The van der Waals surface area contributed by atoms with E-state index in [1.807, 2.05) is 5.69 Å². The van der Waals surface area contributed by atoms with Crippen LogP contribution in [0.15, 0.2) is 0 Å². The van der Waals surface area contributed by atoms with Crippen LogP contribution in [0.3, 0.4) is 0 Å². The first-order chi connectivity index (χ1) is 3.68. The van der Waals surface area contributed by atoms with Gasteiger partial charge in [0.2, 0.25) is 0 Å². The van der Waals surface area contributed by atoms with Crippen LogP contribution < -0.4 is 0 Å². The van der Waals surface area contributed by atoms with E-state index in [2.05, 4.69) is 0 Å². The highest BCUT2D eigenvalue weighted by Gasteiger charge is 2.28. The molecule has 0 aromatic rings. The lowest BCUT2D eigenvalue weighted by molar-refractivity contribution is 0.266. The zero-order valence-corrected chi connectivity index (χ0v) is 6.26. The van der Waals surface area contributed by atoms with Gasteiger partial charge in [-0.2, -0.15) is 0 Å². The molecular formula is C4H9NO2Si. The van der Waals surface area contributed by atoms with Crippen molar-refractivity contribution in [1.82, 2.24) is 0 Å². The average Bonchev–Trinajstić information content (AvgIpc) is 1.87. The van der Waals surface area contributed by atoms with E-state index in [9.17, 15) is 0 Å².